The van der Waals surface area contributed by atoms with Crippen molar-refractivity contribution in [2.45, 2.75) is 13.0 Å². The topological polar surface area (TPSA) is 131 Å². The third-order valence-corrected chi connectivity index (χ3v) is 4.50. The van der Waals surface area contributed by atoms with Gasteiger partial charge in [-0.1, -0.05) is 18.2 Å². The predicted molar refractivity (Wildman–Crippen MR) is 86.1 cm³/mol. The molecule has 10 heteroatoms. The summed E-state index contributed by atoms with van der Waals surface area (Å²) in [5.41, 5.74) is 2.79. The molecule has 4 rings (SSSR count). The molecule has 1 aliphatic carbocycles. The van der Waals surface area contributed by atoms with Crippen molar-refractivity contribution in [1.82, 2.24) is 14.4 Å². The minimum Gasteiger partial charge on any atom is -0.476 e. The lowest BCUT2D eigenvalue weighted by molar-refractivity contribution is 0.0691. The molecule has 128 valence electrons. The van der Waals surface area contributed by atoms with Crippen molar-refractivity contribution in [2.75, 3.05) is 0 Å². The molecule has 25 heavy (non-hydrogen) atoms. The molecule has 1 aromatic carbocycles. The molecule has 0 aliphatic heterocycles. The smallest absolute Gasteiger partial charge is 0.356 e. The normalized spacial score (nSPS) is 12.5. The second-order valence-electron chi connectivity index (χ2n) is 5.52. The maximum absolute atomic E-state index is 12.2. The van der Waals surface area contributed by atoms with Crippen molar-refractivity contribution >= 4 is 22.6 Å². The first-order valence-electron chi connectivity index (χ1n) is 7.21. The highest BCUT2D eigenvalue weighted by atomic mass is 32.2. The molecule has 0 saturated heterocycles. The number of imidazole rings is 1. The van der Waals surface area contributed by atoms with Crippen LogP contribution in [0.15, 0.2) is 29.2 Å². The Morgan fingerprint density at radius 3 is 2.92 bits per heavy atom. The van der Waals surface area contributed by atoms with Gasteiger partial charge in [-0.3, -0.25) is 13.4 Å². The summed E-state index contributed by atoms with van der Waals surface area (Å²) in [6.45, 7) is -0.104. The molecule has 0 radical (unpaired) electrons. The maximum atomic E-state index is 12.2. The lowest BCUT2D eigenvalue weighted by atomic mass is 10.0. The third-order valence-electron chi connectivity index (χ3n) is 4.16. The zero-order valence-electron chi connectivity index (χ0n) is 12.6. The number of aromatic nitrogens is 3. The second-order valence-corrected chi connectivity index (χ2v) is 6.22. The van der Waals surface area contributed by atoms with Crippen LogP contribution in [0.4, 0.5) is 0 Å². The number of carboxylic acids is 1. The number of nitrogens with one attached hydrogen (secondary N) is 1. The fourth-order valence-corrected chi connectivity index (χ4v) is 3.35. The minimum absolute atomic E-state index is 0.00407. The Kier molecular flexibility index (Phi) is 3.44. The molecule has 0 fully saturated rings. The number of hydrogen-bond donors (Lipinski definition) is 3. The van der Waals surface area contributed by atoms with Gasteiger partial charge in [-0.15, -0.1) is 0 Å². The van der Waals surface area contributed by atoms with Crippen LogP contribution in [-0.2, 0) is 28.2 Å². The molecular weight excluding hydrogens is 350 g/mol. The van der Waals surface area contributed by atoms with Gasteiger partial charge in [0.1, 0.15) is 0 Å². The van der Waals surface area contributed by atoms with E-state index in [1.807, 2.05) is 0 Å². The number of nitrogens with zero attached hydrogens (tertiary/aromatic N) is 2. The predicted octanol–water partition coefficient (Wildman–Crippen LogP) is 0.335. The summed E-state index contributed by atoms with van der Waals surface area (Å²) in [6, 6.07) is 5.29. The van der Waals surface area contributed by atoms with Gasteiger partial charge in [0.2, 0.25) is 5.65 Å². The van der Waals surface area contributed by atoms with E-state index in [0.717, 1.165) is 11.1 Å². The van der Waals surface area contributed by atoms with Gasteiger partial charge in [0.15, 0.2) is 5.69 Å². The molecule has 0 saturated carbocycles. The summed E-state index contributed by atoms with van der Waals surface area (Å²) in [6.07, 6.45) is 1.70. The molecule has 0 bridgehead atoms. The van der Waals surface area contributed by atoms with E-state index in [9.17, 15) is 18.0 Å². The number of carbonyl (C=O) groups is 1. The van der Waals surface area contributed by atoms with Crippen molar-refractivity contribution in [2.24, 2.45) is 0 Å². The SMILES string of the molecule is O=C(O)c1cn2c3c([nH]c(=O)c2n1)-c1cccc(CO[SH](=O)=O)c1C3. The molecule has 9 nitrogen and oxygen atoms in total. The molecule has 0 atom stereocenters. The fourth-order valence-electron chi connectivity index (χ4n) is 3.11. The highest BCUT2D eigenvalue weighted by Crippen LogP contribution is 2.36. The summed E-state index contributed by atoms with van der Waals surface area (Å²) in [4.78, 5) is 30.0. The monoisotopic (exact) mass is 361 g/mol. The Morgan fingerprint density at radius 1 is 1.40 bits per heavy atom. The molecular formula is C15H11N3O6S. The van der Waals surface area contributed by atoms with Crippen LogP contribution in [0.3, 0.4) is 0 Å². The third kappa shape index (κ3) is 2.42. The van der Waals surface area contributed by atoms with Crippen molar-refractivity contribution in [3.05, 3.63) is 57.3 Å². The fraction of sp³-hybridized carbons (Fsp3) is 0.133. The number of rotatable bonds is 4. The number of benzene rings is 1. The lowest BCUT2D eigenvalue weighted by Crippen LogP contribution is -2.13. The highest BCUT2D eigenvalue weighted by molar-refractivity contribution is 7.67. The first-order valence-corrected chi connectivity index (χ1v) is 8.31. The Hall–Kier alpha value is -2.98. The van der Waals surface area contributed by atoms with E-state index in [0.29, 0.717) is 23.4 Å². The Bertz CT molecular complexity index is 1170. The molecule has 2 N–H and O–H groups in total. The molecule has 0 amide bonds. The van der Waals surface area contributed by atoms with Crippen LogP contribution < -0.4 is 5.56 Å². The quantitative estimate of drug-likeness (QED) is 0.447. The molecule has 3 aromatic rings. The van der Waals surface area contributed by atoms with Crippen LogP contribution >= 0.6 is 0 Å². The maximum Gasteiger partial charge on any atom is 0.356 e. The van der Waals surface area contributed by atoms with Crippen LogP contribution in [0.5, 0.6) is 0 Å². The summed E-state index contributed by atoms with van der Waals surface area (Å²) >= 11 is 0. The molecule has 1 aliphatic rings. The molecule has 2 heterocycles. The number of aromatic amines is 1. The number of hydrogen-bond acceptors (Lipinski definition) is 6. The van der Waals surface area contributed by atoms with Crippen LogP contribution in [0.1, 0.15) is 27.3 Å². The van der Waals surface area contributed by atoms with Gasteiger partial charge in [0.05, 0.1) is 18.0 Å². The van der Waals surface area contributed by atoms with Crippen molar-refractivity contribution in [3.63, 3.8) is 0 Å². The van der Waals surface area contributed by atoms with Gasteiger partial charge in [-0.2, -0.15) is 0 Å². The Balaban J connectivity index is 1.91. The van der Waals surface area contributed by atoms with Gasteiger partial charge in [0, 0.05) is 18.2 Å². The Morgan fingerprint density at radius 2 is 2.20 bits per heavy atom. The molecule has 0 unspecified atom stereocenters. The number of fused-ring (bicyclic) bond motifs is 5. The summed E-state index contributed by atoms with van der Waals surface area (Å²) < 4.78 is 27.5. The molecule has 0 spiro atoms. The average molecular weight is 361 g/mol. The minimum atomic E-state index is -2.97. The van der Waals surface area contributed by atoms with E-state index in [1.165, 1.54) is 10.6 Å². The van der Waals surface area contributed by atoms with Crippen LogP contribution in [-0.4, -0.2) is 33.9 Å². The largest absolute Gasteiger partial charge is 0.476 e. The number of H-pyrrole nitrogens is 1. The van der Waals surface area contributed by atoms with E-state index in [4.69, 9.17) is 5.11 Å². The average Bonchev–Trinajstić information content (AvgIpc) is 3.15. The number of carboxylic acid groups (broad SMARTS) is 1. The van der Waals surface area contributed by atoms with E-state index >= 15 is 0 Å². The summed E-state index contributed by atoms with van der Waals surface area (Å²) in [7, 11) is -2.97. The van der Waals surface area contributed by atoms with Crippen molar-refractivity contribution < 1.29 is 22.5 Å². The zero-order valence-corrected chi connectivity index (χ0v) is 13.4. The Labute approximate surface area is 141 Å². The summed E-state index contributed by atoms with van der Waals surface area (Å²) in [5, 5.41) is 9.10. The van der Waals surface area contributed by atoms with E-state index in [2.05, 4.69) is 14.2 Å². The van der Waals surface area contributed by atoms with Crippen LogP contribution in [0.25, 0.3) is 16.9 Å². The van der Waals surface area contributed by atoms with Gasteiger partial charge in [-0.05, 0) is 11.1 Å². The van der Waals surface area contributed by atoms with Gasteiger partial charge >= 0.3 is 5.97 Å². The zero-order chi connectivity index (χ0) is 17.7. The van der Waals surface area contributed by atoms with Crippen molar-refractivity contribution in [3.8, 4) is 11.3 Å². The highest BCUT2D eigenvalue weighted by Gasteiger charge is 2.26. The molecule has 2 aromatic heterocycles. The van der Waals surface area contributed by atoms with Crippen molar-refractivity contribution in [1.29, 1.82) is 0 Å². The number of thiol groups is 1. The van der Waals surface area contributed by atoms with Gasteiger partial charge in [0.25, 0.3) is 16.5 Å². The first-order chi connectivity index (χ1) is 12.0. The van der Waals surface area contributed by atoms with Crippen LogP contribution in [0, 0.1) is 0 Å². The summed E-state index contributed by atoms with van der Waals surface area (Å²) in [5.74, 6) is -1.22. The first kappa shape index (κ1) is 15.5. The number of aromatic carboxylic acids is 1. The standard InChI is InChI=1S/C15H11N3O6S/c19-14-13-16-10(15(20)21)5-18(13)11-4-9-7(6-24-25(22)23)2-1-3-8(9)12(11)17-14/h1-3,5,25H,4,6H2,(H,17,19)(H,20,21). The second kappa shape index (κ2) is 5.53. The van der Waals surface area contributed by atoms with Gasteiger partial charge < -0.3 is 10.1 Å². The van der Waals surface area contributed by atoms with E-state index in [1.54, 1.807) is 18.2 Å². The van der Waals surface area contributed by atoms with Gasteiger partial charge in [-0.25, -0.2) is 18.2 Å². The lowest BCUT2D eigenvalue weighted by Gasteiger charge is -2.06. The van der Waals surface area contributed by atoms with E-state index < -0.39 is 22.5 Å². The van der Waals surface area contributed by atoms with Crippen LogP contribution in [0.2, 0.25) is 0 Å². The van der Waals surface area contributed by atoms with E-state index in [-0.39, 0.29) is 17.9 Å².